The fourth-order valence-electron chi connectivity index (χ4n) is 3.68. The van der Waals surface area contributed by atoms with Crippen LogP contribution in [0.3, 0.4) is 0 Å². The molecule has 0 aliphatic carbocycles. The topological polar surface area (TPSA) is 68.8 Å². The van der Waals surface area contributed by atoms with E-state index >= 15 is 0 Å². The zero-order valence-corrected chi connectivity index (χ0v) is 16.2. The number of hydrogen-bond donors (Lipinski definition) is 0. The Labute approximate surface area is 168 Å². The SMILES string of the molecule is C[C@@H]1Cc2c(nnn2-n2cccn2)[C@H](C)N1C(=O)c1cccc(C(F)(F)F)c1Cl. The lowest BCUT2D eigenvalue weighted by molar-refractivity contribution is -0.137. The van der Waals surface area contributed by atoms with Gasteiger partial charge in [-0.15, -0.1) is 9.89 Å². The number of carbonyl (C=O) groups excluding carboxylic acids is 1. The van der Waals surface area contributed by atoms with E-state index in [1.807, 2.05) is 6.92 Å². The Balaban J connectivity index is 1.72. The van der Waals surface area contributed by atoms with Gasteiger partial charge >= 0.3 is 6.18 Å². The minimum absolute atomic E-state index is 0.192. The summed E-state index contributed by atoms with van der Waals surface area (Å²) in [7, 11) is 0. The summed E-state index contributed by atoms with van der Waals surface area (Å²) in [6.07, 6.45) is -0.916. The third kappa shape index (κ3) is 3.17. The van der Waals surface area contributed by atoms with E-state index in [9.17, 15) is 18.0 Å². The molecule has 2 aromatic heterocycles. The van der Waals surface area contributed by atoms with E-state index in [1.54, 1.807) is 30.2 Å². The van der Waals surface area contributed by atoms with Gasteiger partial charge in [0.2, 0.25) is 0 Å². The number of nitrogens with zero attached hydrogens (tertiary/aromatic N) is 6. The smallest absolute Gasteiger partial charge is 0.327 e. The van der Waals surface area contributed by atoms with Crippen molar-refractivity contribution in [2.75, 3.05) is 0 Å². The molecule has 0 spiro atoms. The van der Waals surface area contributed by atoms with Crippen molar-refractivity contribution < 1.29 is 18.0 Å². The van der Waals surface area contributed by atoms with Crippen molar-refractivity contribution in [3.63, 3.8) is 0 Å². The second-order valence-electron chi connectivity index (χ2n) is 6.84. The normalized spacial score (nSPS) is 19.3. The highest BCUT2D eigenvalue weighted by atomic mass is 35.5. The van der Waals surface area contributed by atoms with Crippen LogP contribution in [0.5, 0.6) is 0 Å². The average Bonchev–Trinajstić information content (AvgIpc) is 3.30. The van der Waals surface area contributed by atoms with Crippen LogP contribution < -0.4 is 0 Å². The highest BCUT2D eigenvalue weighted by Gasteiger charge is 2.40. The first kappa shape index (κ1) is 19.4. The van der Waals surface area contributed by atoms with Gasteiger partial charge in [-0.25, -0.2) is 0 Å². The maximum absolute atomic E-state index is 13.2. The molecule has 7 nitrogen and oxygen atoms in total. The molecule has 1 aliphatic rings. The Kier molecular flexibility index (Phi) is 4.60. The second-order valence-corrected chi connectivity index (χ2v) is 7.22. The molecule has 0 radical (unpaired) electrons. The van der Waals surface area contributed by atoms with Crippen LogP contribution in [0.15, 0.2) is 36.7 Å². The van der Waals surface area contributed by atoms with E-state index in [1.165, 1.54) is 21.8 Å². The molecule has 1 amide bonds. The lowest BCUT2D eigenvalue weighted by atomic mass is 9.96. The zero-order valence-electron chi connectivity index (χ0n) is 15.4. The van der Waals surface area contributed by atoms with Crippen LogP contribution in [0.1, 0.15) is 47.2 Å². The quantitative estimate of drug-likeness (QED) is 0.630. The van der Waals surface area contributed by atoms with Gasteiger partial charge in [-0.2, -0.15) is 23.1 Å². The maximum atomic E-state index is 13.2. The molecule has 152 valence electrons. The standard InChI is InChI=1S/C18H16ClF3N6O/c1-10-9-14-16(24-25-28(14)26-8-4-7-23-26)11(2)27(10)17(29)12-5-3-6-13(15(12)19)18(20,21)22/h3-8,10-11H,9H2,1-2H3/t10-,11+/m1/s1. The molecule has 3 heterocycles. The van der Waals surface area contributed by atoms with E-state index in [0.717, 1.165) is 11.8 Å². The van der Waals surface area contributed by atoms with E-state index in [-0.39, 0.29) is 11.6 Å². The first-order valence-corrected chi connectivity index (χ1v) is 9.21. The molecule has 0 saturated carbocycles. The number of fused-ring (bicyclic) bond motifs is 1. The molecular formula is C18H16ClF3N6O. The van der Waals surface area contributed by atoms with E-state index in [2.05, 4.69) is 15.4 Å². The highest BCUT2D eigenvalue weighted by Crippen LogP contribution is 2.38. The highest BCUT2D eigenvalue weighted by molar-refractivity contribution is 6.34. The molecular weight excluding hydrogens is 409 g/mol. The molecule has 0 bridgehead atoms. The molecule has 0 fully saturated rings. The van der Waals surface area contributed by atoms with Crippen LogP contribution in [0.4, 0.5) is 13.2 Å². The van der Waals surface area contributed by atoms with Crippen molar-refractivity contribution in [2.45, 2.75) is 38.5 Å². The van der Waals surface area contributed by atoms with E-state index in [4.69, 9.17) is 11.6 Å². The van der Waals surface area contributed by atoms with Gasteiger partial charge in [0.15, 0.2) is 0 Å². The minimum Gasteiger partial charge on any atom is -0.327 e. The van der Waals surface area contributed by atoms with Crippen LogP contribution in [-0.4, -0.2) is 41.8 Å². The van der Waals surface area contributed by atoms with E-state index in [0.29, 0.717) is 12.1 Å². The molecule has 1 aromatic carbocycles. The van der Waals surface area contributed by atoms with Gasteiger partial charge in [0.1, 0.15) is 5.69 Å². The number of amides is 1. The van der Waals surface area contributed by atoms with E-state index < -0.39 is 28.7 Å². The summed E-state index contributed by atoms with van der Waals surface area (Å²) in [6.45, 7) is 3.58. The third-order valence-corrected chi connectivity index (χ3v) is 5.41. The Morgan fingerprint density at radius 2 is 2.00 bits per heavy atom. The first-order chi connectivity index (χ1) is 13.7. The molecule has 11 heteroatoms. The maximum Gasteiger partial charge on any atom is 0.417 e. The largest absolute Gasteiger partial charge is 0.417 e. The van der Waals surface area contributed by atoms with Crippen molar-refractivity contribution in [2.24, 2.45) is 0 Å². The Bertz CT molecular complexity index is 1060. The lowest BCUT2D eigenvalue weighted by Crippen LogP contribution is -2.45. The number of carbonyl (C=O) groups is 1. The predicted molar refractivity (Wildman–Crippen MR) is 97.2 cm³/mol. The van der Waals surface area contributed by atoms with Crippen molar-refractivity contribution in [1.29, 1.82) is 0 Å². The van der Waals surface area contributed by atoms with Crippen molar-refractivity contribution in [3.8, 4) is 0 Å². The van der Waals surface area contributed by atoms with Gasteiger partial charge in [0.25, 0.3) is 5.91 Å². The number of halogens is 4. The summed E-state index contributed by atoms with van der Waals surface area (Å²) in [5, 5.41) is 11.8. The van der Waals surface area contributed by atoms with Gasteiger partial charge in [-0.3, -0.25) is 4.79 Å². The average molecular weight is 425 g/mol. The fourth-order valence-corrected chi connectivity index (χ4v) is 3.99. The molecule has 0 unspecified atom stereocenters. The first-order valence-electron chi connectivity index (χ1n) is 8.83. The third-order valence-electron chi connectivity index (χ3n) is 5.00. The fraction of sp³-hybridized carbons (Fsp3) is 0.333. The van der Waals surface area contributed by atoms with Gasteiger partial charge in [-0.1, -0.05) is 17.7 Å². The number of alkyl halides is 3. The van der Waals surface area contributed by atoms with Gasteiger partial charge in [0, 0.05) is 12.5 Å². The molecule has 2 atom stereocenters. The van der Waals surface area contributed by atoms with Crippen LogP contribution in [0.25, 0.3) is 0 Å². The zero-order chi connectivity index (χ0) is 20.9. The predicted octanol–water partition coefficient (Wildman–Crippen LogP) is 3.61. The Morgan fingerprint density at radius 1 is 1.24 bits per heavy atom. The Hall–Kier alpha value is -2.88. The molecule has 29 heavy (non-hydrogen) atoms. The van der Waals surface area contributed by atoms with Crippen molar-refractivity contribution >= 4 is 17.5 Å². The monoisotopic (exact) mass is 424 g/mol. The number of benzene rings is 1. The Morgan fingerprint density at radius 3 is 2.66 bits per heavy atom. The summed E-state index contributed by atoms with van der Waals surface area (Å²) in [6, 6.07) is 4.26. The minimum atomic E-state index is -4.65. The summed E-state index contributed by atoms with van der Waals surface area (Å²) >= 11 is 5.96. The van der Waals surface area contributed by atoms with Crippen molar-refractivity contribution in [1.82, 2.24) is 29.9 Å². The van der Waals surface area contributed by atoms with Crippen LogP contribution >= 0.6 is 11.6 Å². The number of hydrogen-bond acceptors (Lipinski definition) is 4. The molecule has 3 aromatic rings. The summed E-state index contributed by atoms with van der Waals surface area (Å²) in [5.74, 6) is -0.583. The van der Waals surface area contributed by atoms with Gasteiger partial charge < -0.3 is 4.90 Å². The lowest BCUT2D eigenvalue weighted by Gasteiger charge is -2.38. The molecule has 4 rings (SSSR count). The van der Waals surface area contributed by atoms with Gasteiger partial charge in [-0.05, 0) is 37.3 Å². The van der Waals surface area contributed by atoms with Gasteiger partial charge in [0.05, 0.1) is 40.3 Å². The van der Waals surface area contributed by atoms with Crippen molar-refractivity contribution in [3.05, 3.63) is 64.2 Å². The summed E-state index contributed by atoms with van der Waals surface area (Å²) in [4.78, 5) is 17.7. The van der Waals surface area contributed by atoms with Crippen LogP contribution in [0.2, 0.25) is 5.02 Å². The second kappa shape index (κ2) is 6.87. The summed E-state index contributed by atoms with van der Waals surface area (Å²) < 4.78 is 39.6. The van der Waals surface area contributed by atoms with Crippen LogP contribution in [0, 0.1) is 0 Å². The molecule has 1 aliphatic heterocycles. The number of rotatable bonds is 2. The molecule has 0 N–H and O–H groups in total. The molecule has 0 saturated heterocycles. The number of aromatic nitrogens is 5. The summed E-state index contributed by atoms with van der Waals surface area (Å²) in [5.41, 5.74) is 0.124. The van der Waals surface area contributed by atoms with Crippen LogP contribution in [-0.2, 0) is 12.6 Å².